The molecule has 0 aliphatic carbocycles. The Labute approximate surface area is 160 Å². The second-order valence-electron chi connectivity index (χ2n) is 5.80. The van der Waals surface area contributed by atoms with Crippen molar-refractivity contribution >= 4 is 44.6 Å². The predicted molar refractivity (Wildman–Crippen MR) is 102 cm³/mol. The van der Waals surface area contributed by atoms with Gasteiger partial charge in [-0.1, -0.05) is 33.3 Å². The lowest BCUT2D eigenvalue weighted by atomic mass is 10.1. The summed E-state index contributed by atoms with van der Waals surface area (Å²) in [6.07, 6.45) is 0. The molecular formula is C18H13BrN4O2S. The molecule has 0 fully saturated rings. The van der Waals surface area contributed by atoms with Crippen LogP contribution in [0.5, 0.6) is 5.88 Å². The van der Waals surface area contributed by atoms with Crippen LogP contribution in [0.15, 0.2) is 50.9 Å². The summed E-state index contributed by atoms with van der Waals surface area (Å²) in [5.41, 5.74) is 1.24. The van der Waals surface area contributed by atoms with Gasteiger partial charge in [0.05, 0.1) is 10.9 Å². The summed E-state index contributed by atoms with van der Waals surface area (Å²) >= 11 is 4.65. The number of carbonyl (C=O) groups is 1. The molecule has 1 aromatic carbocycles. The van der Waals surface area contributed by atoms with Crippen LogP contribution in [-0.4, -0.2) is 20.6 Å². The minimum absolute atomic E-state index is 0.0206. The van der Waals surface area contributed by atoms with E-state index >= 15 is 0 Å². The summed E-state index contributed by atoms with van der Waals surface area (Å²) in [5.74, 6) is 0.159. The highest BCUT2D eigenvalue weighted by molar-refractivity contribution is 9.10. The Morgan fingerprint density at radius 2 is 2.08 bits per heavy atom. The first-order valence-electron chi connectivity index (χ1n) is 7.74. The van der Waals surface area contributed by atoms with Crippen molar-refractivity contribution in [3.63, 3.8) is 0 Å². The van der Waals surface area contributed by atoms with E-state index in [9.17, 15) is 9.90 Å². The van der Waals surface area contributed by atoms with Crippen LogP contribution in [0.3, 0.4) is 0 Å². The lowest BCUT2D eigenvalue weighted by molar-refractivity contribution is -0.112. The molecule has 3 aromatic rings. The summed E-state index contributed by atoms with van der Waals surface area (Å²) in [6, 6.07) is 11.0. The van der Waals surface area contributed by atoms with Gasteiger partial charge in [-0.25, -0.2) is 15.0 Å². The molecule has 1 amide bonds. The summed E-state index contributed by atoms with van der Waals surface area (Å²) in [7, 11) is 1.70. The van der Waals surface area contributed by atoms with Crippen LogP contribution in [0.1, 0.15) is 10.6 Å². The van der Waals surface area contributed by atoms with Crippen molar-refractivity contribution in [2.75, 3.05) is 0 Å². The number of nitrogens with zero attached hydrogens (tertiary/aromatic N) is 4. The largest absolute Gasteiger partial charge is 0.493 e. The highest BCUT2D eigenvalue weighted by Crippen LogP contribution is 2.28. The van der Waals surface area contributed by atoms with Gasteiger partial charge in [0.25, 0.3) is 5.91 Å². The number of aryl methyl sites for hydroxylation is 1. The van der Waals surface area contributed by atoms with E-state index in [2.05, 4.69) is 30.9 Å². The Morgan fingerprint density at radius 3 is 2.85 bits per heavy atom. The molecule has 8 heteroatoms. The van der Waals surface area contributed by atoms with Crippen molar-refractivity contribution in [3.05, 3.63) is 66.8 Å². The second-order valence-corrected chi connectivity index (χ2v) is 7.69. The molecule has 1 N–H and O–H groups in total. The van der Waals surface area contributed by atoms with Gasteiger partial charge in [0.15, 0.2) is 10.6 Å². The summed E-state index contributed by atoms with van der Waals surface area (Å²) in [6.45, 7) is 1.89. The number of benzene rings is 1. The molecule has 0 bridgehead atoms. The molecular weight excluding hydrogens is 416 g/mol. The van der Waals surface area contributed by atoms with Gasteiger partial charge in [-0.05, 0) is 37.3 Å². The van der Waals surface area contributed by atoms with Gasteiger partial charge in [0.2, 0.25) is 5.88 Å². The molecule has 0 unspecified atom stereocenters. The van der Waals surface area contributed by atoms with Crippen molar-refractivity contribution in [1.29, 1.82) is 0 Å². The molecule has 0 atom stereocenters. The van der Waals surface area contributed by atoms with Crippen molar-refractivity contribution in [3.8, 4) is 5.88 Å². The van der Waals surface area contributed by atoms with E-state index < -0.39 is 0 Å². The monoisotopic (exact) mass is 428 g/mol. The topological polar surface area (TPSA) is 79.8 Å². The van der Waals surface area contributed by atoms with Crippen LogP contribution in [0, 0.1) is 6.92 Å². The zero-order valence-electron chi connectivity index (χ0n) is 13.9. The van der Waals surface area contributed by atoms with Gasteiger partial charge in [-0.2, -0.15) is 0 Å². The van der Waals surface area contributed by atoms with Gasteiger partial charge in [0.1, 0.15) is 4.88 Å². The Kier molecular flexibility index (Phi) is 4.08. The Balaban J connectivity index is 1.97. The number of thiazole rings is 1. The number of hydrogen-bond donors (Lipinski definition) is 1. The first-order valence-corrected chi connectivity index (χ1v) is 9.35. The molecule has 0 saturated carbocycles. The van der Waals surface area contributed by atoms with Crippen LogP contribution in [-0.2, 0) is 11.8 Å². The molecule has 6 nitrogen and oxygen atoms in total. The van der Waals surface area contributed by atoms with Crippen LogP contribution < -0.4 is 15.4 Å². The Morgan fingerprint density at radius 1 is 1.27 bits per heavy atom. The molecule has 0 radical (unpaired) electrons. The van der Waals surface area contributed by atoms with Gasteiger partial charge in [-0.3, -0.25) is 9.36 Å². The molecule has 1 aliphatic rings. The third kappa shape index (κ3) is 2.81. The van der Waals surface area contributed by atoms with Gasteiger partial charge in [0, 0.05) is 22.4 Å². The van der Waals surface area contributed by atoms with E-state index in [0.717, 1.165) is 10.2 Å². The number of fused-ring (bicyclic) bond motifs is 1. The van der Waals surface area contributed by atoms with Crippen LogP contribution in [0.4, 0.5) is 5.82 Å². The van der Waals surface area contributed by atoms with Crippen LogP contribution >= 0.6 is 27.3 Å². The average Bonchev–Trinajstić information content (AvgIpc) is 3.05. The minimum Gasteiger partial charge on any atom is -0.493 e. The fourth-order valence-corrected chi connectivity index (χ4v) is 4.14. The fraction of sp³-hybridized carbons (Fsp3) is 0.111. The SMILES string of the molecule is Cc1cccc(/N=c2/sc(C3=c4cc(Br)ccc4=NC3=O)c(O)n2C)n1. The van der Waals surface area contributed by atoms with E-state index in [0.29, 0.717) is 31.6 Å². The first-order chi connectivity index (χ1) is 12.4. The molecule has 130 valence electrons. The minimum atomic E-state index is -0.365. The lowest BCUT2D eigenvalue weighted by Crippen LogP contribution is -2.22. The van der Waals surface area contributed by atoms with Crippen LogP contribution in [0.25, 0.3) is 5.57 Å². The van der Waals surface area contributed by atoms with Crippen molar-refractivity contribution in [2.45, 2.75) is 6.92 Å². The molecule has 3 heterocycles. The number of halogens is 1. The second kappa shape index (κ2) is 6.30. The number of carbonyl (C=O) groups excluding carboxylic acids is 1. The number of rotatable bonds is 2. The first kappa shape index (κ1) is 16.9. The van der Waals surface area contributed by atoms with Crippen molar-refractivity contribution < 1.29 is 9.90 Å². The third-order valence-electron chi connectivity index (χ3n) is 3.98. The number of aromatic hydroxyl groups is 1. The molecule has 26 heavy (non-hydrogen) atoms. The maximum Gasteiger partial charge on any atom is 0.279 e. The van der Waals surface area contributed by atoms with E-state index in [1.54, 1.807) is 23.7 Å². The standard InChI is InChI=1S/C18H13BrN4O2S/c1-9-4-3-5-13(20-9)22-18-23(2)17(25)15(26-18)14-11-8-10(19)6-7-12(11)21-16(14)24/h3-8,25H,1-2H3/b22-18+. The van der Waals surface area contributed by atoms with Gasteiger partial charge >= 0.3 is 0 Å². The smallest absolute Gasteiger partial charge is 0.279 e. The molecule has 0 spiro atoms. The van der Waals surface area contributed by atoms with E-state index in [1.807, 2.05) is 31.2 Å². The Hall–Kier alpha value is -2.58. The maximum absolute atomic E-state index is 12.4. The summed E-state index contributed by atoms with van der Waals surface area (Å²) < 4.78 is 2.38. The number of hydrogen-bond acceptors (Lipinski definition) is 5. The summed E-state index contributed by atoms with van der Waals surface area (Å²) in [5, 5.41) is 11.9. The average molecular weight is 429 g/mol. The molecule has 0 saturated heterocycles. The van der Waals surface area contributed by atoms with Gasteiger partial charge in [-0.15, -0.1) is 0 Å². The van der Waals surface area contributed by atoms with E-state index in [1.165, 1.54) is 11.3 Å². The fourth-order valence-electron chi connectivity index (χ4n) is 2.70. The maximum atomic E-state index is 12.4. The number of aromatic nitrogens is 2. The molecule has 2 aromatic heterocycles. The Bertz CT molecular complexity index is 1260. The van der Waals surface area contributed by atoms with Crippen molar-refractivity contribution in [2.24, 2.45) is 17.0 Å². The lowest BCUT2D eigenvalue weighted by Gasteiger charge is -1.99. The van der Waals surface area contributed by atoms with Crippen LogP contribution in [0.2, 0.25) is 0 Å². The zero-order chi connectivity index (χ0) is 18.4. The molecule has 1 aliphatic heterocycles. The normalized spacial score (nSPS) is 13.9. The highest BCUT2D eigenvalue weighted by Gasteiger charge is 2.24. The number of pyridine rings is 1. The highest BCUT2D eigenvalue weighted by atomic mass is 79.9. The third-order valence-corrected chi connectivity index (χ3v) is 5.61. The summed E-state index contributed by atoms with van der Waals surface area (Å²) in [4.78, 5) is 26.4. The quantitative estimate of drug-likeness (QED) is 0.676. The van der Waals surface area contributed by atoms with E-state index in [-0.39, 0.29) is 11.8 Å². The number of amides is 1. The van der Waals surface area contributed by atoms with Gasteiger partial charge < -0.3 is 5.11 Å². The zero-order valence-corrected chi connectivity index (χ0v) is 16.3. The predicted octanol–water partition coefficient (Wildman–Crippen LogP) is 1.85. The van der Waals surface area contributed by atoms with E-state index in [4.69, 9.17) is 0 Å². The molecule has 4 rings (SSSR count). The van der Waals surface area contributed by atoms with Crippen molar-refractivity contribution in [1.82, 2.24) is 9.55 Å².